The van der Waals surface area contributed by atoms with E-state index in [4.69, 9.17) is 0 Å². The van der Waals surface area contributed by atoms with E-state index >= 15 is 0 Å². The number of nitrogens with one attached hydrogen (secondary N) is 1. The maximum atomic E-state index is 4.05. The van der Waals surface area contributed by atoms with Crippen LogP contribution in [0.2, 0.25) is 0 Å². The summed E-state index contributed by atoms with van der Waals surface area (Å²) < 4.78 is 4.05. The Morgan fingerprint density at radius 1 is 1.42 bits per heavy atom. The van der Waals surface area contributed by atoms with Gasteiger partial charge in [0.2, 0.25) is 0 Å². The highest BCUT2D eigenvalue weighted by atomic mass is 32.1. The molecule has 0 radical (unpaired) electrons. The zero-order valence-corrected chi connectivity index (χ0v) is 7.08. The van der Waals surface area contributed by atoms with Crippen LogP contribution in [0.1, 0.15) is 11.4 Å². The summed E-state index contributed by atoms with van der Waals surface area (Å²) in [5.74, 6) is 0.765. The molecule has 0 fully saturated rings. The minimum Gasteiger partial charge on any atom is -0.367 e. The van der Waals surface area contributed by atoms with Crippen LogP contribution in [0.4, 0.5) is 0 Å². The molecule has 0 spiro atoms. The van der Waals surface area contributed by atoms with Crippen molar-refractivity contribution in [2.75, 3.05) is 0 Å². The fraction of sp³-hybridized carbons (Fsp3) is 0. The molecular formula is C8H7N3S. The molecule has 0 amide bonds. The molecule has 3 nitrogen and oxygen atoms in total. The van der Waals surface area contributed by atoms with Crippen molar-refractivity contribution in [3.05, 3.63) is 35.4 Å². The lowest BCUT2D eigenvalue weighted by atomic mass is 10.3. The van der Waals surface area contributed by atoms with E-state index in [0.29, 0.717) is 0 Å². The lowest BCUT2D eigenvalue weighted by molar-refractivity contribution is 1.29. The third-order valence-electron chi connectivity index (χ3n) is 1.43. The van der Waals surface area contributed by atoms with Crippen molar-refractivity contribution in [3.8, 4) is 0 Å². The Morgan fingerprint density at radius 3 is 3.08 bits per heavy atom. The second-order valence-electron chi connectivity index (χ2n) is 2.27. The number of nitrogens with zero attached hydrogens (tertiary/aromatic N) is 2. The number of hydrogen-bond donors (Lipinski definition) is 1. The van der Waals surface area contributed by atoms with Crippen LogP contribution in [0.25, 0.3) is 12.2 Å². The summed E-state index contributed by atoms with van der Waals surface area (Å²) in [6.07, 6.45) is 7.66. The second kappa shape index (κ2) is 3.32. The van der Waals surface area contributed by atoms with Crippen LogP contribution in [-0.2, 0) is 0 Å². The van der Waals surface area contributed by atoms with E-state index in [0.717, 1.165) is 11.4 Å². The first kappa shape index (κ1) is 7.24. The molecular weight excluding hydrogens is 170 g/mol. The van der Waals surface area contributed by atoms with Crippen molar-refractivity contribution in [1.29, 1.82) is 0 Å². The fourth-order valence-electron chi connectivity index (χ4n) is 0.863. The van der Waals surface area contributed by atoms with Gasteiger partial charge in [-0.1, -0.05) is 0 Å². The number of aromatic nitrogens is 3. The second-order valence-corrected chi connectivity index (χ2v) is 2.87. The van der Waals surface area contributed by atoms with Gasteiger partial charge in [-0.25, -0.2) is 4.98 Å². The van der Waals surface area contributed by atoms with E-state index in [-0.39, 0.29) is 0 Å². The van der Waals surface area contributed by atoms with E-state index in [9.17, 15) is 0 Å². The Balaban J connectivity index is 2.14. The quantitative estimate of drug-likeness (QED) is 0.762. The predicted octanol–water partition coefficient (Wildman–Crippen LogP) is 2.04. The average Bonchev–Trinajstić information content (AvgIpc) is 2.74. The average molecular weight is 177 g/mol. The van der Waals surface area contributed by atoms with E-state index in [1.54, 1.807) is 5.51 Å². The molecule has 0 aromatic carbocycles. The van der Waals surface area contributed by atoms with Gasteiger partial charge in [0.25, 0.3) is 0 Å². The molecule has 2 heterocycles. The topological polar surface area (TPSA) is 41.6 Å². The summed E-state index contributed by atoms with van der Waals surface area (Å²) in [6.45, 7) is 0. The van der Waals surface area contributed by atoms with Crippen LogP contribution >= 0.6 is 11.5 Å². The molecule has 2 aromatic heterocycles. The van der Waals surface area contributed by atoms with Crippen LogP contribution in [0, 0.1) is 0 Å². The molecule has 0 unspecified atom stereocenters. The summed E-state index contributed by atoms with van der Waals surface area (Å²) in [5.41, 5.74) is 2.85. The molecule has 0 aliphatic heterocycles. The number of H-pyrrole nitrogens is 1. The zero-order valence-electron chi connectivity index (χ0n) is 6.27. The van der Waals surface area contributed by atoms with Gasteiger partial charge in [-0.05, 0) is 35.3 Å². The Labute approximate surface area is 74.0 Å². The van der Waals surface area contributed by atoms with Gasteiger partial charge in [-0.2, -0.15) is 4.37 Å². The van der Waals surface area contributed by atoms with Crippen LogP contribution in [0.3, 0.4) is 0 Å². The third kappa shape index (κ3) is 1.60. The normalized spacial score (nSPS) is 11.0. The lowest BCUT2D eigenvalue weighted by Crippen LogP contribution is -1.71. The molecule has 60 valence electrons. The summed E-state index contributed by atoms with van der Waals surface area (Å²) >= 11 is 1.36. The summed E-state index contributed by atoms with van der Waals surface area (Å²) in [6, 6.07) is 1.99. The van der Waals surface area contributed by atoms with Crippen molar-refractivity contribution < 1.29 is 0 Å². The van der Waals surface area contributed by atoms with Crippen LogP contribution in [-0.4, -0.2) is 14.3 Å². The van der Waals surface area contributed by atoms with Gasteiger partial charge in [-0.3, -0.25) is 0 Å². The zero-order chi connectivity index (χ0) is 8.23. The molecule has 0 bridgehead atoms. The van der Waals surface area contributed by atoms with Crippen molar-refractivity contribution in [3.63, 3.8) is 0 Å². The van der Waals surface area contributed by atoms with Crippen LogP contribution in [0.15, 0.2) is 24.0 Å². The summed E-state index contributed by atoms with van der Waals surface area (Å²) in [5, 5.41) is 0. The fourth-order valence-corrected chi connectivity index (χ4v) is 1.28. The first-order valence-electron chi connectivity index (χ1n) is 3.52. The Morgan fingerprint density at radius 2 is 2.42 bits per heavy atom. The van der Waals surface area contributed by atoms with Crippen molar-refractivity contribution in [1.82, 2.24) is 14.3 Å². The van der Waals surface area contributed by atoms with Gasteiger partial charge in [-0.15, -0.1) is 0 Å². The Bertz CT molecular complexity index is 311. The van der Waals surface area contributed by atoms with Gasteiger partial charge in [0, 0.05) is 12.4 Å². The van der Waals surface area contributed by atoms with E-state index < -0.39 is 0 Å². The highest BCUT2D eigenvalue weighted by molar-refractivity contribution is 7.03. The molecule has 0 saturated carbocycles. The molecule has 2 aromatic rings. The van der Waals surface area contributed by atoms with Gasteiger partial charge in [0.05, 0.1) is 0 Å². The first-order chi connectivity index (χ1) is 5.95. The largest absolute Gasteiger partial charge is 0.367 e. The molecule has 0 atom stereocenters. The van der Waals surface area contributed by atoms with Gasteiger partial charge >= 0.3 is 0 Å². The van der Waals surface area contributed by atoms with Crippen molar-refractivity contribution >= 4 is 23.7 Å². The summed E-state index contributed by atoms with van der Waals surface area (Å²) in [7, 11) is 0. The smallest absolute Gasteiger partial charge is 0.165 e. The molecule has 12 heavy (non-hydrogen) atoms. The standard InChI is InChI=1S/C8H7N3S/c1(7-3-4-9-5-7)2-8-10-6-12-11-8/h1-6,9H. The molecule has 0 aliphatic carbocycles. The maximum Gasteiger partial charge on any atom is 0.165 e. The lowest BCUT2D eigenvalue weighted by Gasteiger charge is -1.80. The molecule has 0 aliphatic rings. The van der Waals surface area contributed by atoms with Gasteiger partial charge in [0.15, 0.2) is 5.82 Å². The van der Waals surface area contributed by atoms with Crippen molar-refractivity contribution in [2.24, 2.45) is 0 Å². The van der Waals surface area contributed by atoms with Crippen LogP contribution in [0.5, 0.6) is 0 Å². The monoisotopic (exact) mass is 177 g/mol. The highest BCUT2D eigenvalue weighted by Gasteiger charge is 1.89. The maximum absolute atomic E-state index is 4.05. The SMILES string of the molecule is C(=Cc1ncsn1)c1cc[nH]c1. The minimum atomic E-state index is 0.765. The molecule has 1 N–H and O–H groups in total. The third-order valence-corrected chi connectivity index (χ3v) is 1.92. The van der Waals surface area contributed by atoms with E-state index in [1.807, 2.05) is 30.6 Å². The molecule has 4 heteroatoms. The molecule has 0 saturated heterocycles. The first-order valence-corrected chi connectivity index (χ1v) is 4.36. The number of rotatable bonds is 2. The minimum absolute atomic E-state index is 0.765. The van der Waals surface area contributed by atoms with Crippen molar-refractivity contribution in [2.45, 2.75) is 0 Å². The van der Waals surface area contributed by atoms with E-state index in [2.05, 4.69) is 14.3 Å². The van der Waals surface area contributed by atoms with E-state index in [1.165, 1.54) is 11.5 Å². The molecule has 2 rings (SSSR count). The van der Waals surface area contributed by atoms with Gasteiger partial charge < -0.3 is 4.98 Å². The number of hydrogen-bond acceptors (Lipinski definition) is 3. The van der Waals surface area contributed by atoms with Gasteiger partial charge in [0.1, 0.15) is 5.51 Å². The van der Waals surface area contributed by atoms with Crippen LogP contribution < -0.4 is 0 Å². The summed E-state index contributed by atoms with van der Waals surface area (Å²) in [4.78, 5) is 7.00. The Kier molecular flexibility index (Phi) is 2.00. The Hall–Kier alpha value is -1.42. The number of aromatic amines is 1. The predicted molar refractivity (Wildman–Crippen MR) is 49.6 cm³/mol. The highest BCUT2D eigenvalue weighted by Crippen LogP contribution is 2.03.